The SMILES string of the molecule is CC(C)[NH+](C=O)C(C)C. The van der Waals surface area contributed by atoms with Crippen LogP contribution < -0.4 is 4.90 Å². The number of quaternary nitrogens is 1. The molecule has 0 aliphatic carbocycles. The number of carbonyl (C=O) groups excluding carboxylic acids is 1. The Balaban J connectivity index is 3.82. The van der Waals surface area contributed by atoms with Crippen LogP contribution in [0.4, 0.5) is 0 Å². The van der Waals surface area contributed by atoms with Gasteiger partial charge in [0.15, 0.2) is 0 Å². The van der Waals surface area contributed by atoms with Gasteiger partial charge in [-0.1, -0.05) is 0 Å². The third-order valence-electron chi connectivity index (χ3n) is 1.47. The summed E-state index contributed by atoms with van der Waals surface area (Å²) in [7, 11) is 0. The van der Waals surface area contributed by atoms with Crippen molar-refractivity contribution < 1.29 is 9.69 Å². The van der Waals surface area contributed by atoms with Crippen LogP contribution in [0.1, 0.15) is 27.7 Å². The summed E-state index contributed by atoms with van der Waals surface area (Å²) in [6.45, 7) is 8.18. The lowest BCUT2D eigenvalue weighted by molar-refractivity contribution is -0.857. The molecule has 0 aromatic heterocycles. The zero-order chi connectivity index (χ0) is 7.44. The van der Waals surface area contributed by atoms with Gasteiger partial charge in [0.1, 0.15) is 0 Å². The Morgan fingerprint density at radius 3 is 1.44 bits per heavy atom. The smallest absolute Gasteiger partial charge is 0.271 e. The van der Waals surface area contributed by atoms with E-state index in [1.54, 1.807) is 0 Å². The molecule has 9 heavy (non-hydrogen) atoms. The molecule has 1 amide bonds. The van der Waals surface area contributed by atoms with Crippen molar-refractivity contribution in [2.24, 2.45) is 0 Å². The fourth-order valence-electron chi connectivity index (χ4n) is 0.939. The van der Waals surface area contributed by atoms with Crippen LogP contribution in [0.25, 0.3) is 0 Å². The highest BCUT2D eigenvalue weighted by Crippen LogP contribution is 1.72. The van der Waals surface area contributed by atoms with Gasteiger partial charge in [-0.2, -0.15) is 0 Å². The van der Waals surface area contributed by atoms with Gasteiger partial charge in [0.25, 0.3) is 6.41 Å². The maximum Gasteiger partial charge on any atom is 0.300 e. The van der Waals surface area contributed by atoms with Crippen molar-refractivity contribution in [3.8, 4) is 0 Å². The standard InChI is InChI=1S/C7H15NO/c1-6(2)8(5-9)7(3)4/h5-7H,1-4H3/p+1. The molecule has 0 aliphatic heterocycles. The van der Waals surface area contributed by atoms with Crippen molar-refractivity contribution in [1.82, 2.24) is 0 Å². The lowest BCUT2D eigenvalue weighted by Gasteiger charge is -2.19. The summed E-state index contributed by atoms with van der Waals surface area (Å²) >= 11 is 0. The number of hydrogen-bond acceptors (Lipinski definition) is 1. The average molecular weight is 130 g/mol. The van der Waals surface area contributed by atoms with E-state index in [0.29, 0.717) is 12.1 Å². The average Bonchev–Trinajstić information content (AvgIpc) is 1.64. The highest BCUT2D eigenvalue weighted by atomic mass is 16.1. The Kier molecular flexibility index (Phi) is 3.47. The minimum atomic E-state index is 0.405. The van der Waals surface area contributed by atoms with E-state index < -0.39 is 0 Å². The Labute approximate surface area is 56.9 Å². The molecule has 0 aliphatic rings. The van der Waals surface area contributed by atoms with Gasteiger partial charge in [-0.25, -0.2) is 4.79 Å². The minimum absolute atomic E-state index is 0.405. The first-order valence-corrected chi connectivity index (χ1v) is 3.41. The van der Waals surface area contributed by atoms with E-state index in [4.69, 9.17) is 0 Å². The number of hydrogen-bond donors (Lipinski definition) is 1. The maximum absolute atomic E-state index is 10.4. The summed E-state index contributed by atoms with van der Waals surface area (Å²) in [6, 6.07) is 0.810. The van der Waals surface area contributed by atoms with Crippen LogP contribution in [0.5, 0.6) is 0 Å². The summed E-state index contributed by atoms with van der Waals surface area (Å²) in [4.78, 5) is 11.4. The van der Waals surface area contributed by atoms with E-state index in [2.05, 4.69) is 0 Å². The molecule has 0 bridgehead atoms. The fourth-order valence-corrected chi connectivity index (χ4v) is 0.939. The first-order chi connectivity index (χ1) is 4.09. The topological polar surface area (TPSA) is 21.5 Å². The van der Waals surface area contributed by atoms with Crippen molar-refractivity contribution in [1.29, 1.82) is 0 Å². The van der Waals surface area contributed by atoms with Crippen molar-refractivity contribution >= 4 is 6.41 Å². The van der Waals surface area contributed by atoms with Crippen LogP contribution in [0, 0.1) is 0 Å². The molecule has 0 atom stereocenters. The van der Waals surface area contributed by atoms with Gasteiger partial charge in [-0.05, 0) is 27.7 Å². The van der Waals surface area contributed by atoms with E-state index in [0.717, 1.165) is 11.3 Å². The van der Waals surface area contributed by atoms with Gasteiger partial charge in [0.2, 0.25) is 0 Å². The molecule has 0 fully saturated rings. The van der Waals surface area contributed by atoms with Crippen molar-refractivity contribution in [3.05, 3.63) is 0 Å². The van der Waals surface area contributed by atoms with Gasteiger partial charge < -0.3 is 0 Å². The van der Waals surface area contributed by atoms with Crippen LogP contribution in [0.3, 0.4) is 0 Å². The van der Waals surface area contributed by atoms with E-state index in [1.807, 2.05) is 27.7 Å². The van der Waals surface area contributed by atoms with Crippen molar-refractivity contribution in [2.75, 3.05) is 0 Å². The van der Waals surface area contributed by atoms with Gasteiger partial charge in [-0.15, -0.1) is 0 Å². The van der Waals surface area contributed by atoms with Crippen LogP contribution in [-0.2, 0) is 4.79 Å². The molecule has 54 valence electrons. The monoisotopic (exact) mass is 130 g/mol. The van der Waals surface area contributed by atoms with E-state index in [1.165, 1.54) is 0 Å². The predicted octanol–water partition coefficient (Wildman–Crippen LogP) is -0.156. The predicted molar refractivity (Wildman–Crippen MR) is 37.3 cm³/mol. The molecule has 2 nitrogen and oxygen atoms in total. The van der Waals surface area contributed by atoms with Crippen LogP contribution >= 0.6 is 0 Å². The molecule has 0 radical (unpaired) electrons. The zero-order valence-corrected chi connectivity index (χ0v) is 6.64. The Bertz CT molecular complexity index is 80.9. The molecule has 0 rings (SSSR count). The molecule has 0 unspecified atom stereocenters. The molecule has 2 heteroatoms. The van der Waals surface area contributed by atoms with E-state index >= 15 is 0 Å². The number of rotatable bonds is 3. The van der Waals surface area contributed by atoms with Crippen LogP contribution in [-0.4, -0.2) is 18.5 Å². The lowest BCUT2D eigenvalue weighted by atomic mass is 10.2. The largest absolute Gasteiger partial charge is 0.300 e. The molecule has 0 aromatic carbocycles. The first-order valence-electron chi connectivity index (χ1n) is 3.41. The highest BCUT2D eigenvalue weighted by Gasteiger charge is 2.14. The Morgan fingerprint density at radius 2 is 1.44 bits per heavy atom. The number of carbonyl (C=O) groups is 1. The maximum atomic E-state index is 10.4. The molecule has 0 saturated carbocycles. The second kappa shape index (κ2) is 3.62. The first kappa shape index (κ1) is 8.63. The van der Waals surface area contributed by atoms with Crippen molar-refractivity contribution in [2.45, 2.75) is 39.8 Å². The zero-order valence-electron chi connectivity index (χ0n) is 6.64. The summed E-state index contributed by atoms with van der Waals surface area (Å²) in [5, 5.41) is 0. The Hall–Kier alpha value is -0.370. The van der Waals surface area contributed by atoms with Crippen molar-refractivity contribution in [3.63, 3.8) is 0 Å². The molecule has 0 aromatic rings. The van der Waals surface area contributed by atoms with Gasteiger partial charge in [0.05, 0.1) is 12.1 Å². The van der Waals surface area contributed by atoms with Gasteiger partial charge in [0, 0.05) is 0 Å². The van der Waals surface area contributed by atoms with E-state index in [-0.39, 0.29) is 0 Å². The molecular weight excluding hydrogens is 114 g/mol. The normalized spacial score (nSPS) is 11.4. The fraction of sp³-hybridized carbons (Fsp3) is 0.857. The Morgan fingerprint density at radius 1 is 1.11 bits per heavy atom. The summed E-state index contributed by atoms with van der Waals surface area (Å²) in [5.41, 5.74) is 0. The molecule has 0 spiro atoms. The summed E-state index contributed by atoms with van der Waals surface area (Å²) in [5.74, 6) is 0. The molecule has 0 saturated heterocycles. The lowest BCUT2D eigenvalue weighted by Crippen LogP contribution is -3.17. The highest BCUT2D eigenvalue weighted by molar-refractivity contribution is 5.34. The van der Waals surface area contributed by atoms with Crippen LogP contribution in [0.15, 0.2) is 0 Å². The number of amides is 1. The molecule has 0 heterocycles. The van der Waals surface area contributed by atoms with Gasteiger partial charge in [-0.3, -0.25) is 4.90 Å². The third-order valence-corrected chi connectivity index (χ3v) is 1.47. The molecule has 1 N–H and O–H groups in total. The summed E-state index contributed by atoms with van der Waals surface area (Å²) in [6.07, 6.45) is 0.981. The van der Waals surface area contributed by atoms with Crippen LogP contribution in [0.2, 0.25) is 0 Å². The quantitative estimate of drug-likeness (QED) is 0.527. The number of nitrogens with one attached hydrogen (secondary N) is 1. The minimum Gasteiger partial charge on any atom is -0.271 e. The van der Waals surface area contributed by atoms with E-state index in [9.17, 15) is 4.79 Å². The molecular formula is C7H16NO+. The third kappa shape index (κ3) is 2.61. The second-order valence-corrected chi connectivity index (χ2v) is 2.93. The summed E-state index contributed by atoms with van der Waals surface area (Å²) < 4.78 is 0. The second-order valence-electron chi connectivity index (χ2n) is 2.93. The van der Waals surface area contributed by atoms with Gasteiger partial charge >= 0.3 is 0 Å².